The Bertz CT molecular complexity index is 570. The fraction of sp³-hybridized carbons (Fsp3) is 0.200. The van der Waals surface area contributed by atoms with E-state index < -0.39 is 6.10 Å². The summed E-state index contributed by atoms with van der Waals surface area (Å²) in [6.45, 7) is 1.70. The summed E-state index contributed by atoms with van der Waals surface area (Å²) in [4.78, 5) is 2.05. The van der Waals surface area contributed by atoms with Gasteiger partial charge in [0, 0.05) is 9.92 Å². The van der Waals surface area contributed by atoms with Crippen molar-refractivity contribution in [2.75, 3.05) is 7.11 Å². The van der Waals surface area contributed by atoms with Gasteiger partial charge in [0.05, 0.1) is 18.1 Å². The van der Waals surface area contributed by atoms with Crippen molar-refractivity contribution in [3.63, 3.8) is 0 Å². The number of methoxy groups -OCH3 is 1. The number of rotatable bonds is 4. The number of ether oxygens (including phenoxy) is 1. The number of aliphatic hydroxyl groups is 1. The normalized spacial score (nSPS) is 12.2. The van der Waals surface area contributed by atoms with E-state index in [1.807, 2.05) is 42.5 Å². The Morgan fingerprint density at radius 1 is 1.21 bits per heavy atom. The van der Waals surface area contributed by atoms with Crippen LogP contribution in [0, 0.1) is 0 Å². The van der Waals surface area contributed by atoms with Crippen LogP contribution >= 0.6 is 23.4 Å². The summed E-state index contributed by atoms with van der Waals surface area (Å²) in [7, 11) is 1.66. The van der Waals surface area contributed by atoms with E-state index in [0.717, 1.165) is 21.1 Å². The van der Waals surface area contributed by atoms with E-state index in [4.69, 9.17) is 16.3 Å². The zero-order valence-corrected chi connectivity index (χ0v) is 12.3. The SMILES string of the molecule is COc1ccccc1Sc1ccc(C(C)O)c(Cl)c1. The van der Waals surface area contributed by atoms with Crippen molar-refractivity contribution in [1.82, 2.24) is 0 Å². The summed E-state index contributed by atoms with van der Waals surface area (Å²) in [5.41, 5.74) is 0.742. The summed E-state index contributed by atoms with van der Waals surface area (Å²) in [5.74, 6) is 0.836. The van der Waals surface area contributed by atoms with Gasteiger partial charge in [-0.15, -0.1) is 0 Å². The molecule has 0 amide bonds. The highest BCUT2D eigenvalue weighted by atomic mass is 35.5. The Morgan fingerprint density at radius 3 is 2.58 bits per heavy atom. The van der Waals surface area contributed by atoms with Gasteiger partial charge in [-0.25, -0.2) is 0 Å². The van der Waals surface area contributed by atoms with Crippen molar-refractivity contribution in [3.8, 4) is 5.75 Å². The Morgan fingerprint density at radius 2 is 1.95 bits per heavy atom. The van der Waals surface area contributed by atoms with Crippen molar-refractivity contribution in [2.45, 2.75) is 22.8 Å². The van der Waals surface area contributed by atoms with Crippen LogP contribution in [0.25, 0.3) is 0 Å². The molecule has 0 heterocycles. The average molecular weight is 295 g/mol. The lowest BCUT2D eigenvalue weighted by Gasteiger charge is -2.11. The monoisotopic (exact) mass is 294 g/mol. The molecule has 0 aliphatic rings. The first-order valence-electron chi connectivity index (χ1n) is 5.90. The first-order valence-corrected chi connectivity index (χ1v) is 7.09. The molecular formula is C15H15ClO2S. The van der Waals surface area contributed by atoms with Crippen molar-refractivity contribution in [1.29, 1.82) is 0 Å². The third-order valence-electron chi connectivity index (χ3n) is 2.72. The smallest absolute Gasteiger partial charge is 0.132 e. The topological polar surface area (TPSA) is 29.5 Å². The molecule has 0 fully saturated rings. The Hall–Kier alpha value is -1.16. The summed E-state index contributed by atoms with van der Waals surface area (Å²) < 4.78 is 5.32. The van der Waals surface area contributed by atoms with Gasteiger partial charge in [-0.3, -0.25) is 0 Å². The predicted molar refractivity (Wildman–Crippen MR) is 79.2 cm³/mol. The van der Waals surface area contributed by atoms with E-state index in [-0.39, 0.29) is 0 Å². The van der Waals surface area contributed by atoms with Crippen molar-refractivity contribution < 1.29 is 9.84 Å². The van der Waals surface area contributed by atoms with Gasteiger partial charge in [0.2, 0.25) is 0 Å². The molecule has 100 valence electrons. The highest BCUT2D eigenvalue weighted by Gasteiger charge is 2.09. The molecule has 0 aromatic heterocycles. The van der Waals surface area contributed by atoms with E-state index >= 15 is 0 Å². The number of para-hydroxylation sites is 1. The summed E-state index contributed by atoms with van der Waals surface area (Å²) in [6, 6.07) is 13.5. The van der Waals surface area contributed by atoms with Crippen molar-refractivity contribution in [3.05, 3.63) is 53.1 Å². The number of aliphatic hydroxyl groups excluding tert-OH is 1. The second-order valence-electron chi connectivity index (χ2n) is 4.11. The molecule has 4 heteroatoms. The molecule has 2 rings (SSSR count). The second-order valence-corrected chi connectivity index (χ2v) is 5.63. The predicted octanol–water partition coefficient (Wildman–Crippen LogP) is 4.55. The van der Waals surface area contributed by atoms with Gasteiger partial charge in [-0.2, -0.15) is 0 Å². The van der Waals surface area contributed by atoms with E-state index in [9.17, 15) is 5.11 Å². The minimum atomic E-state index is -0.558. The van der Waals surface area contributed by atoms with Gasteiger partial charge in [-0.05, 0) is 36.8 Å². The minimum absolute atomic E-state index is 0.558. The molecular weight excluding hydrogens is 280 g/mol. The zero-order chi connectivity index (χ0) is 13.8. The Labute approximate surface area is 122 Å². The average Bonchev–Trinajstić information content (AvgIpc) is 2.39. The van der Waals surface area contributed by atoms with Gasteiger partial charge in [-0.1, -0.05) is 41.6 Å². The zero-order valence-electron chi connectivity index (χ0n) is 10.8. The fourth-order valence-electron chi connectivity index (χ4n) is 1.74. The lowest BCUT2D eigenvalue weighted by atomic mass is 10.1. The van der Waals surface area contributed by atoms with Crippen LogP contribution in [0.2, 0.25) is 5.02 Å². The summed E-state index contributed by atoms with van der Waals surface area (Å²) in [5, 5.41) is 10.1. The molecule has 0 saturated heterocycles. The van der Waals surface area contributed by atoms with Crippen LogP contribution in [0.15, 0.2) is 52.3 Å². The third kappa shape index (κ3) is 3.44. The van der Waals surface area contributed by atoms with Crippen molar-refractivity contribution in [2.24, 2.45) is 0 Å². The quantitative estimate of drug-likeness (QED) is 0.897. The molecule has 0 saturated carbocycles. The Balaban J connectivity index is 2.26. The standard InChI is InChI=1S/C15H15ClO2S/c1-10(17)12-8-7-11(9-13(12)16)19-15-6-4-3-5-14(15)18-2/h3-10,17H,1-2H3. The minimum Gasteiger partial charge on any atom is -0.496 e. The van der Waals surface area contributed by atoms with E-state index in [2.05, 4.69) is 0 Å². The molecule has 0 bridgehead atoms. The number of benzene rings is 2. The summed E-state index contributed by atoms with van der Waals surface area (Å²) >= 11 is 7.74. The van der Waals surface area contributed by atoms with E-state index in [1.54, 1.807) is 25.8 Å². The van der Waals surface area contributed by atoms with Crippen LogP contribution in [0.5, 0.6) is 5.75 Å². The van der Waals surface area contributed by atoms with E-state index in [0.29, 0.717) is 5.02 Å². The van der Waals surface area contributed by atoms with Crippen LogP contribution < -0.4 is 4.74 Å². The Kier molecular flexibility index (Phi) is 4.75. The third-order valence-corrected chi connectivity index (χ3v) is 4.09. The van der Waals surface area contributed by atoms with Crippen LogP contribution in [-0.4, -0.2) is 12.2 Å². The van der Waals surface area contributed by atoms with E-state index in [1.165, 1.54) is 0 Å². The molecule has 2 nitrogen and oxygen atoms in total. The van der Waals surface area contributed by atoms with Crippen LogP contribution in [0.1, 0.15) is 18.6 Å². The van der Waals surface area contributed by atoms with Gasteiger partial charge < -0.3 is 9.84 Å². The van der Waals surface area contributed by atoms with Gasteiger partial charge >= 0.3 is 0 Å². The lowest BCUT2D eigenvalue weighted by Crippen LogP contribution is -1.92. The van der Waals surface area contributed by atoms with Crippen LogP contribution in [0.3, 0.4) is 0 Å². The first kappa shape index (κ1) is 14.3. The second kappa shape index (κ2) is 6.33. The maximum Gasteiger partial charge on any atom is 0.132 e. The van der Waals surface area contributed by atoms with Crippen molar-refractivity contribution >= 4 is 23.4 Å². The highest BCUT2D eigenvalue weighted by Crippen LogP contribution is 2.36. The number of hydrogen-bond donors (Lipinski definition) is 1. The molecule has 1 unspecified atom stereocenters. The maximum absolute atomic E-state index is 9.56. The number of halogens is 1. The molecule has 1 N–H and O–H groups in total. The molecule has 1 atom stereocenters. The molecule has 0 aliphatic heterocycles. The largest absolute Gasteiger partial charge is 0.496 e. The van der Waals surface area contributed by atoms with Crippen LogP contribution in [0.4, 0.5) is 0 Å². The molecule has 0 radical (unpaired) electrons. The molecule has 2 aromatic carbocycles. The van der Waals surface area contributed by atoms with Gasteiger partial charge in [0.15, 0.2) is 0 Å². The fourth-order valence-corrected chi connectivity index (χ4v) is 3.11. The van der Waals surface area contributed by atoms with Gasteiger partial charge in [0.1, 0.15) is 5.75 Å². The molecule has 0 aliphatic carbocycles. The van der Waals surface area contributed by atoms with Gasteiger partial charge in [0.25, 0.3) is 0 Å². The molecule has 19 heavy (non-hydrogen) atoms. The molecule has 0 spiro atoms. The number of hydrogen-bond acceptors (Lipinski definition) is 3. The molecule has 2 aromatic rings. The summed E-state index contributed by atoms with van der Waals surface area (Å²) in [6.07, 6.45) is -0.558. The maximum atomic E-state index is 9.56. The highest BCUT2D eigenvalue weighted by molar-refractivity contribution is 7.99. The van der Waals surface area contributed by atoms with Crippen LogP contribution in [-0.2, 0) is 0 Å². The first-order chi connectivity index (χ1) is 9.11. The lowest BCUT2D eigenvalue weighted by molar-refractivity contribution is 0.199.